The molecular formula is C16H18N6OS. The van der Waals surface area contributed by atoms with E-state index in [0.29, 0.717) is 29.7 Å². The van der Waals surface area contributed by atoms with E-state index in [-0.39, 0.29) is 5.91 Å². The number of thiazole rings is 1. The molecule has 1 aliphatic rings. The van der Waals surface area contributed by atoms with Crippen molar-refractivity contribution in [1.82, 2.24) is 30.5 Å². The average Bonchev–Trinajstić information content (AvgIpc) is 3.30. The molecule has 0 aliphatic heterocycles. The minimum Gasteiger partial charge on any atom is -0.350 e. The van der Waals surface area contributed by atoms with Gasteiger partial charge in [0.05, 0.1) is 11.2 Å². The maximum atomic E-state index is 12.0. The van der Waals surface area contributed by atoms with Gasteiger partial charge in [-0.25, -0.2) is 15.0 Å². The van der Waals surface area contributed by atoms with Gasteiger partial charge in [-0.2, -0.15) is 5.10 Å². The molecule has 1 aliphatic carbocycles. The monoisotopic (exact) mass is 342 g/mol. The molecule has 24 heavy (non-hydrogen) atoms. The third-order valence-electron chi connectivity index (χ3n) is 4.69. The number of aromatic amines is 1. The van der Waals surface area contributed by atoms with Crippen LogP contribution in [0.1, 0.15) is 47.8 Å². The van der Waals surface area contributed by atoms with Gasteiger partial charge in [0, 0.05) is 30.2 Å². The Morgan fingerprint density at radius 3 is 2.83 bits per heavy atom. The van der Waals surface area contributed by atoms with E-state index < -0.39 is 0 Å². The summed E-state index contributed by atoms with van der Waals surface area (Å²) in [6.07, 6.45) is 7.69. The topological polar surface area (TPSA) is 96.5 Å². The highest BCUT2D eigenvalue weighted by atomic mass is 32.1. The van der Waals surface area contributed by atoms with Gasteiger partial charge in [0.25, 0.3) is 5.91 Å². The summed E-state index contributed by atoms with van der Waals surface area (Å²) < 4.78 is 0. The minimum absolute atomic E-state index is 0.0757. The molecular weight excluding hydrogens is 324 g/mol. The number of carbonyl (C=O) groups is 1. The number of nitrogens with one attached hydrogen (secondary N) is 2. The van der Waals surface area contributed by atoms with Gasteiger partial charge in [-0.15, -0.1) is 11.3 Å². The van der Waals surface area contributed by atoms with Gasteiger partial charge in [-0.3, -0.25) is 9.89 Å². The molecule has 0 radical (unpaired) electrons. The number of hydrogen-bond donors (Lipinski definition) is 2. The van der Waals surface area contributed by atoms with Crippen molar-refractivity contribution in [3.63, 3.8) is 0 Å². The quantitative estimate of drug-likeness (QED) is 0.759. The Morgan fingerprint density at radius 1 is 1.21 bits per heavy atom. The maximum Gasteiger partial charge on any atom is 0.270 e. The van der Waals surface area contributed by atoms with E-state index >= 15 is 0 Å². The van der Waals surface area contributed by atoms with Gasteiger partial charge in [0.15, 0.2) is 5.65 Å². The third kappa shape index (κ3) is 3.01. The predicted octanol–water partition coefficient (Wildman–Crippen LogP) is 2.51. The van der Waals surface area contributed by atoms with E-state index in [0.717, 1.165) is 36.9 Å². The summed E-state index contributed by atoms with van der Waals surface area (Å²) >= 11 is 1.44. The summed E-state index contributed by atoms with van der Waals surface area (Å²) in [4.78, 5) is 24.6. The lowest BCUT2D eigenvalue weighted by Crippen LogP contribution is -2.31. The van der Waals surface area contributed by atoms with Crippen LogP contribution in [0.4, 0.5) is 0 Å². The Balaban J connectivity index is 1.33. The molecule has 1 amide bonds. The smallest absolute Gasteiger partial charge is 0.270 e. The number of fused-ring (bicyclic) bond motifs is 1. The lowest BCUT2D eigenvalue weighted by atomic mass is 9.80. The van der Waals surface area contributed by atoms with Crippen LogP contribution >= 0.6 is 11.3 Å². The molecule has 1 fully saturated rings. The zero-order valence-electron chi connectivity index (χ0n) is 13.1. The van der Waals surface area contributed by atoms with Crippen LogP contribution in [0.2, 0.25) is 0 Å². The molecule has 0 saturated heterocycles. The number of carbonyl (C=O) groups excluding carboxylic acids is 1. The van der Waals surface area contributed by atoms with Crippen LogP contribution in [0, 0.1) is 5.92 Å². The van der Waals surface area contributed by atoms with Gasteiger partial charge >= 0.3 is 0 Å². The molecule has 3 aromatic rings. The molecule has 0 unspecified atom stereocenters. The van der Waals surface area contributed by atoms with Gasteiger partial charge in [0.1, 0.15) is 11.2 Å². The number of hydrogen-bond acceptors (Lipinski definition) is 6. The fraction of sp³-hybridized carbons (Fsp3) is 0.438. The first-order valence-corrected chi connectivity index (χ1v) is 9.07. The Labute approximate surface area is 142 Å². The van der Waals surface area contributed by atoms with Crippen LogP contribution < -0.4 is 5.32 Å². The SMILES string of the molecule is O=C(NCC1CCC(c2[nH]nc3nccnc23)CC1)c1cscn1. The van der Waals surface area contributed by atoms with Crippen molar-refractivity contribution in [2.24, 2.45) is 5.92 Å². The number of rotatable bonds is 4. The molecule has 0 spiro atoms. The highest BCUT2D eigenvalue weighted by Crippen LogP contribution is 2.36. The molecule has 3 heterocycles. The van der Waals surface area contributed by atoms with E-state index in [1.54, 1.807) is 23.3 Å². The Morgan fingerprint density at radius 2 is 2.04 bits per heavy atom. The van der Waals surface area contributed by atoms with Crippen molar-refractivity contribution < 1.29 is 4.79 Å². The summed E-state index contributed by atoms with van der Waals surface area (Å²) in [5, 5.41) is 12.1. The first-order valence-electron chi connectivity index (χ1n) is 8.12. The van der Waals surface area contributed by atoms with Crippen LogP contribution in [0.3, 0.4) is 0 Å². The largest absolute Gasteiger partial charge is 0.350 e. The lowest BCUT2D eigenvalue weighted by Gasteiger charge is -2.27. The van der Waals surface area contributed by atoms with Crippen LogP contribution in [0.5, 0.6) is 0 Å². The molecule has 8 heteroatoms. The Kier molecular flexibility index (Phi) is 4.20. The summed E-state index contributed by atoms with van der Waals surface area (Å²) in [5.74, 6) is 0.884. The molecule has 0 atom stereocenters. The van der Waals surface area contributed by atoms with E-state index in [4.69, 9.17) is 0 Å². The van der Waals surface area contributed by atoms with Crippen molar-refractivity contribution in [2.45, 2.75) is 31.6 Å². The first-order chi connectivity index (χ1) is 11.8. The second-order valence-electron chi connectivity index (χ2n) is 6.17. The zero-order valence-corrected chi connectivity index (χ0v) is 13.9. The zero-order chi connectivity index (χ0) is 16.4. The van der Waals surface area contributed by atoms with E-state index in [1.807, 2.05) is 0 Å². The van der Waals surface area contributed by atoms with Gasteiger partial charge in [0.2, 0.25) is 0 Å². The molecule has 3 aromatic heterocycles. The lowest BCUT2D eigenvalue weighted by molar-refractivity contribution is 0.0938. The number of nitrogens with zero attached hydrogens (tertiary/aromatic N) is 4. The van der Waals surface area contributed by atoms with Crippen molar-refractivity contribution >= 4 is 28.4 Å². The van der Waals surface area contributed by atoms with Crippen LogP contribution in [0.25, 0.3) is 11.2 Å². The second kappa shape index (κ2) is 6.64. The summed E-state index contributed by atoms with van der Waals surface area (Å²) in [7, 11) is 0. The van der Waals surface area contributed by atoms with Gasteiger partial charge in [-0.1, -0.05) is 0 Å². The number of aromatic nitrogens is 5. The molecule has 0 aromatic carbocycles. The van der Waals surface area contributed by atoms with E-state index in [1.165, 1.54) is 11.3 Å². The second-order valence-corrected chi connectivity index (χ2v) is 6.89. The fourth-order valence-electron chi connectivity index (χ4n) is 3.36. The molecule has 2 N–H and O–H groups in total. The standard InChI is InChI=1S/C16H18N6OS/c23-16(12-8-24-9-20-12)19-7-10-1-3-11(4-2-10)13-14-15(22-21-13)18-6-5-17-14/h5-6,8-11H,1-4,7H2,(H,19,23)(H,18,21,22). The van der Waals surface area contributed by atoms with E-state index in [9.17, 15) is 4.79 Å². The first kappa shape index (κ1) is 15.2. The Hall–Kier alpha value is -2.35. The van der Waals surface area contributed by atoms with Crippen LogP contribution in [0.15, 0.2) is 23.3 Å². The highest BCUT2D eigenvalue weighted by Gasteiger charge is 2.26. The summed E-state index contributed by atoms with van der Waals surface area (Å²) in [6, 6.07) is 0. The van der Waals surface area contributed by atoms with Crippen molar-refractivity contribution in [1.29, 1.82) is 0 Å². The highest BCUT2D eigenvalue weighted by molar-refractivity contribution is 7.07. The molecule has 124 valence electrons. The normalized spacial score (nSPS) is 21.0. The van der Waals surface area contributed by atoms with Gasteiger partial charge < -0.3 is 5.32 Å². The van der Waals surface area contributed by atoms with Crippen molar-refractivity contribution in [3.8, 4) is 0 Å². The number of amides is 1. The molecule has 1 saturated carbocycles. The predicted molar refractivity (Wildman–Crippen MR) is 90.8 cm³/mol. The van der Waals surface area contributed by atoms with Crippen LogP contribution in [-0.2, 0) is 0 Å². The molecule has 4 rings (SSSR count). The minimum atomic E-state index is -0.0757. The maximum absolute atomic E-state index is 12.0. The Bertz CT molecular complexity index is 822. The molecule has 7 nitrogen and oxygen atoms in total. The van der Waals surface area contributed by atoms with Crippen molar-refractivity contribution in [3.05, 3.63) is 34.7 Å². The third-order valence-corrected chi connectivity index (χ3v) is 5.27. The van der Waals surface area contributed by atoms with Crippen LogP contribution in [-0.4, -0.2) is 37.6 Å². The van der Waals surface area contributed by atoms with Gasteiger partial charge in [-0.05, 0) is 31.6 Å². The average molecular weight is 342 g/mol. The van der Waals surface area contributed by atoms with E-state index in [2.05, 4.69) is 30.5 Å². The summed E-state index contributed by atoms with van der Waals surface area (Å²) in [6.45, 7) is 0.715. The number of H-pyrrole nitrogens is 1. The fourth-order valence-corrected chi connectivity index (χ4v) is 3.89. The summed E-state index contributed by atoms with van der Waals surface area (Å²) in [5.41, 5.74) is 4.86. The molecule has 0 bridgehead atoms. The van der Waals surface area contributed by atoms with Crippen molar-refractivity contribution in [2.75, 3.05) is 6.54 Å².